The first-order valence-corrected chi connectivity index (χ1v) is 9.87. The van der Waals surface area contributed by atoms with Gasteiger partial charge in [0.25, 0.3) is 0 Å². The highest BCUT2D eigenvalue weighted by atomic mass is 19.1. The number of halogens is 1. The van der Waals surface area contributed by atoms with E-state index in [2.05, 4.69) is 0 Å². The van der Waals surface area contributed by atoms with Crippen molar-refractivity contribution in [2.75, 3.05) is 52.5 Å². The molecule has 0 unspecified atom stereocenters. The van der Waals surface area contributed by atoms with Crippen molar-refractivity contribution in [2.45, 2.75) is 31.4 Å². The standard InChI is InChI=1S/C20H30FN3O3/c21-18-5-2-1-4-17(18)19(23-11-14-26-15-12-23)20(25)24-9-6-16(7-10-24)27-13-3-8-22/h1-2,4-5,16,19H,3,6-15,22H2/t19-/m0/s1. The Hall–Kier alpha value is -1.54. The summed E-state index contributed by atoms with van der Waals surface area (Å²) in [5.74, 6) is -0.357. The molecule has 0 bridgehead atoms. The molecule has 1 aromatic rings. The van der Waals surface area contributed by atoms with Crippen LogP contribution in [0.3, 0.4) is 0 Å². The minimum atomic E-state index is -0.593. The van der Waals surface area contributed by atoms with Crippen LogP contribution in [0.5, 0.6) is 0 Å². The van der Waals surface area contributed by atoms with Crippen LogP contribution in [-0.4, -0.2) is 74.4 Å². The third-order valence-corrected chi connectivity index (χ3v) is 5.30. The maximum absolute atomic E-state index is 14.5. The lowest BCUT2D eigenvalue weighted by atomic mass is 10.00. The predicted molar refractivity (Wildman–Crippen MR) is 101 cm³/mol. The van der Waals surface area contributed by atoms with E-state index in [0.29, 0.717) is 58.1 Å². The molecule has 2 aliphatic heterocycles. The Morgan fingerprint density at radius 3 is 2.59 bits per heavy atom. The minimum Gasteiger partial charge on any atom is -0.379 e. The fourth-order valence-electron chi connectivity index (χ4n) is 3.77. The first kappa shape index (κ1) is 20.2. The van der Waals surface area contributed by atoms with Crippen molar-refractivity contribution in [3.05, 3.63) is 35.6 Å². The van der Waals surface area contributed by atoms with Crippen molar-refractivity contribution in [1.82, 2.24) is 9.80 Å². The first-order valence-electron chi connectivity index (χ1n) is 9.87. The van der Waals surface area contributed by atoms with Gasteiger partial charge in [-0.1, -0.05) is 18.2 Å². The summed E-state index contributed by atoms with van der Waals surface area (Å²) >= 11 is 0. The fraction of sp³-hybridized carbons (Fsp3) is 0.650. The zero-order valence-electron chi connectivity index (χ0n) is 15.8. The highest BCUT2D eigenvalue weighted by Crippen LogP contribution is 2.28. The Bertz CT molecular complexity index is 602. The third-order valence-electron chi connectivity index (χ3n) is 5.30. The van der Waals surface area contributed by atoms with Gasteiger partial charge in [0.05, 0.1) is 19.3 Å². The molecule has 2 saturated heterocycles. The molecule has 2 aliphatic rings. The van der Waals surface area contributed by atoms with Crippen LogP contribution in [0.15, 0.2) is 24.3 Å². The summed E-state index contributed by atoms with van der Waals surface area (Å²) in [4.78, 5) is 17.2. The average Bonchev–Trinajstić information content (AvgIpc) is 2.71. The summed E-state index contributed by atoms with van der Waals surface area (Å²) in [5, 5.41) is 0. The highest BCUT2D eigenvalue weighted by Gasteiger charge is 2.35. The summed E-state index contributed by atoms with van der Waals surface area (Å²) in [6, 6.07) is 5.99. The van der Waals surface area contributed by atoms with Crippen LogP contribution in [0.25, 0.3) is 0 Å². The molecule has 2 heterocycles. The normalized spacial score (nSPS) is 20.6. The number of amides is 1. The second-order valence-electron chi connectivity index (χ2n) is 7.11. The molecule has 0 aliphatic carbocycles. The van der Waals surface area contributed by atoms with E-state index < -0.39 is 6.04 Å². The number of carbonyl (C=O) groups excluding carboxylic acids is 1. The third kappa shape index (κ3) is 5.25. The van der Waals surface area contributed by atoms with Gasteiger partial charge < -0.3 is 20.1 Å². The monoisotopic (exact) mass is 379 g/mol. The summed E-state index contributed by atoms with van der Waals surface area (Å²) in [7, 11) is 0. The smallest absolute Gasteiger partial charge is 0.244 e. The number of rotatable bonds is 7. The SMILES string of the molecule is NCCCOC1CCN(C(=O)[C@H](c2ccccc2F)N2CCOCC2)CC1. The maximum Gasteiger partial charge on any atom is 0.244 e. The van der Waals surface area contributed by atoms with E-state index in [9.17, 15) is 9.18 Å². The molecule has 0 spiro atoms. The van der Waals surface area contributed by atoms with Gasteiger partial charge in [0, 0.05) is 38.3 Å². The number of likely N-dealkylation sites (tertiary alicyclic amines) is 1. The molecule has 3 rings (SSSR count). The zero-order valence-corrected chi connectivity index (χ0v) is 15.8. The highest BCUT2D eigenvalue weighted by molar-refractivity contribution is 5.83. The number of ether oxygens (including phenoxy) is 2. The van der Waals surface area contributed by atoms with Gasteiger partial charge in [0.1, 0.15) is 11.9 Å². The van der Waals surface area contributed by atoms with Gasteiger partial charge in [-0.2, -0.15) is 0 Å². The molecule has 7 heteroatoms. The van der Waals surface area contributed by atoms with Crippen molar-refractivity contribution in [2.24, 2.45) is 5.73 Å². The molecule has 0 saturated carbocycles. The van der Waals surface area contributed by atoms with Crippen LogP contribution in [-0.2, 0) is 14.3 Å². The van der Waals surface area contributed by atoms with Crippen molar-refractivity contribution in [3.8, 4) is 0 Å². The van der Waals surface area contributed by atoms with Crippen LogP contribution >= 0.6 is 0 Å². The fourth-order valence-corrected chi connectivity index (χ4v) is 3.77. The van der Waals surface area contributed by atoms with Gasteiger partial charge >= 0.3 is 0 Å². The Morgan fingerprint density at radius 1 is 1.22 bits per heavy atom. The number of piperidine rings is 1. The molecule has 6 nitrogen and oxygen atoms in total. The summed E-state index contributed by atoms with van der Waals surface area (Å²) in [6.45, 7) is 4.96. The largest absolute Gasteiger partial charge is 0.379 e. The van der Waals surface area contributed by atoms with Crippen molar-refractivity contribution in [1.29, 1.82) is 0 Å². The minimum absolute atomic E-state index is 0.0255. The number of carbonyl (C=O) groups is 1. The topological polar surface area (TPSA) is 68.0 Å². The lowest BCUT2D eigenvalue weighted by Crippen LogP contribution is -2.50. The zero-order chi connectivity index (χ0) is 19.1. The molecule has 0 radical (unpaired) electrons. The Balaban J connectivity index is 1.68. The lowest BCUT2D eigenvalue weighted by Gasteiger charge is -2.39. The van der Waals surface area contributed by atoms with E-state index in [1.807, 2.05) is 9.80 Å². The molecule has 1 aromatic carbocycles. The second kappa shape index (κ2) is 10.1. The van der Waals surface area contributed by atoms with Crippen LogP contribution in [0, 0.1) is 5.82 Å². The number of nitrogens with zero attached hydrogens (tertiary/aromatic N) is 2. The van der Waals surface area contributed by atoms with Gasteiger partial charge in [-0.05, 0) is 31.9 Å². The number of benzene rings is 1. The summed E-state index contributed by atoms with van der Waals surface area (Å²) in [5.41, 5.74) is 5.95. The van der Waals surface area contributed by atoms with Crippen LogP contribution in [0.1, 0.15) is 30.9 Å². The molecule has 2 N–H and O–H groups in total. The number of morpholine rings is 1. The second-order valence-corrected chi connectivity index (χ2v) is 7.11. The van der Waals surface area contributed by atoms with E-state index in [4.69, 9.17) is 15.2 Å². The Kier molecular flexibility index (Phi) is 7.58. The number of nitrogens with two attached hydrogens (primary N) is 1. The Labute approximate surface area is 160 Å². The van der Waals surface area contributed by atoms with E-state index in [-0.39, 0.29) is 17.8 Å². The summed E-state index contributed by atoms with van der Waals surface area (Å²) in [6.07, 6.45) is 2.65. The maximum atomic E-state index is 14.5. The molecular weight excluding hydrogens is 349 g/mol. The van der Waals surface area contributed by atoms with E-state index in [1.165, 1.54) is 6.07 Å². The molecule has 27 heavy (non-hydrogen) atoms. The first-order chi connectivity index (χ1) is 13.2. The molecule has 0 aromatic heterocycles. The van der Waals surface area contributed by atoms with Gasteiger partial charge in [-0.3, -0.25) is 9.69 Å². The quantitative estimate of drug-likeness (QED) is 0.728. The van der Waals surface area contributed by atoms with Gasteiger partial charge in [-0.25, -0.2) is 4.39 Å². The predicted octanol–water partition coefficient (Wildman–Crippen LogP) is 1.56. The van der Waals surface area contributed by atoms with Crippen molar-refractivity contribution >= 4 is 5.91 Å². The number of hydrogen-bond acceptors (Lipinski definition) is 5. The van der Waals surface area contributed by atoms with E-state index in [1.54, 1.807) is 18.2 Å². The lowest BCUT2D eigenvalue weighted by molar-refractivity contribution is -0.142. The molecule has 1 atom stereocenters. The van der Waals surface area contributed by atoms with Crippen LogP contribution in [0.4, 0.5) is 4.39 Å². The van der Waals surface area contributed by atoms with Crippen LogP contribution < -0.4 is 5.73 Å². The molecule has 1 amide bonds. The van der Waals surface area contributed by atoms with Gasteiger partial charge in [-0.15, -0.1) is 0 Å². The van der Waals surface area contributed by atoms with Gasteiger partial charge in [0.2, 0.25) is 5.91 Å². The summed E-state index contributed by atoms with van der Waals surface area (Å²) < 4.78 is 25.7. The molecule has 150 valence electrons. The van der Waals surface area contributed by atoms with Gasteiger partial charge in [0.15, 0.2) is 0 Å². The number of hydrogen-bond donors (Lipinski definition) is 1. The average molecular weight is 379 g/mol. The molecule has 2 fully saturated rings. The van der Waals surface area contributed by atoms with Crippen molar-refractivity contribution in [3.63, 3.8) is 0 Å². The Morgan fingerprint density at radius 2 is 1.93 bits per heavy atom. The van der Waals surface area contributed by atoms with E-state index in [0.717, 1.165) is 19.3 Å². The molecular formula is C20H30FN3O3. The van der Waals surface area contributed by atoms with Crippen molar-refractivity contribution < 1.29 is 18.7 Å². The van der Waals surface area contributed by atoms with E-state index >= 15 is 0 Å². The van der Waals surface area contributed by atoms with Crippen LogP contribution in [0.2, 0.25) is 0 Å².